The maximum absolute atomic E-state index is 13.7. The van der Waals surface area contributed by atoms with Gasteiger partial charge in [-0.2, -0.15) is 0 Å². The molecule has 96 valence electrons. The number of hydrogen-bond donors (Lipinski definition) is 1. The third-order valence-corrected chi connectivity index (χ3v) is 3.49. The lowest BCUT2D eigenvalue weighted by atomic mass is 10.2. The van der Waals surface area contributed by atoms with Crippen molar-refractivity contribution in [2.45, 2.75) is 0 Å². The third-order valence-electron chi connectivity index (χ3n) is 2.89. The van der Waals surface area contributed by atoms with E-state index in [0.717, 1.165) is 11.0 Å². The summed E-state index contributed by atoms with van der Waals surface area (Å²) in [5.74, 6) is 0.799. The highest BCUT2D eigenvalue weighted by molar-refractivity contribution is 9.10. The molecule has 0 radical (unpaired) electrons. The molecule has 0 bridgehead atoms. The van der Waals surface area contributed by atoms with E-state index >= 15 is 0 Å². The Balaban J connectivity index is 2.22. The minimum Gasteiger partial charge on any atom is -0.496 e. The fourth-order valence-corrected chi connectivity index (χ4v) is 2.29. The van der Waals surface area contributed by atoms with Crippen molar-refractivity contribution >= 4 is 27.0 Å². The molecule has 19 heavy (non-hydrogen) atoms. The Morgan fingerprint density at radius 2 is 2.05 bits per heavy atom. The van der Waals surface area contributed by atoms with E-state index in [1.54, 1.807) is 13.2 Å². The van der Waals surface area contributed by atoms with Gasteiger partial charge in [0.05, 0.1) is 28.2 Å². The number of nitrogens with one attached hydrogen (secondary N) is 1. The molecule has 0 saturated carbocycles. The SMILES string of the molecule is COc1cc(Br)c(F)cc1-c1nc2ccccc2[nH]1. The Kier molecular flexibility index (Phi) is 2.98. The highest BCUT2D eigenvalue weighted by Crippen LogP contribution is 2.33. The van der Waals surface area contributed by atoms with Crippen molar-refractivity contribution in [2.24, 2.45) is 0 Å². The molecule has 3 nitrogen and oxygen atoms in total. The third kappa shape index (κ3) is 2.10. The standard InChI is InChI=1S/C14H10BrFN2O/c1-19-13-7-9(15)10(16)6-8(13)14-17-11-4-2-3-5-12(11)18-14/h2-7H,1H3,(H,17,18). The van der Waals surface area contributed by atoms with Crippen LogP contribution in [0.15, 0.2) is 40.9 Å². The van der Waals surface area contributed by atoms with Gasteiger partial charge in [-0.05, 0) is 40.2 Å². The molecule has 1 N–H and O–H groups in total. The number of benzene rings is 2. The summed E-state index contributed by atoms with van der Waals surface area (Å²) < 4.78 is 19.3. The van der Waals surface area contributed by atoms with Gasteiger partial charge in [0.2, 0.25) is 0 Å². The topological polar surface area (TPSA) is 37.9 Å². The van der Waals surface area contributed by atoms with Crippen LogP contribution >= 0.6 is 15.9 Å². The largest absolute Gasteiger partial charge is 0.496 e. The van der Waals surface area contributed by atoms with Crippen molar-refractivity contribution in [1.82, 2.24) is 9.97 Å². The van der Waals surface area contributed by atoms with Gasteiger partial charge in [-0.25, -0.2) is 9.37 Å². The number of halogens is 2. The highest BCUT2D eigenvalue weighted by atomic mass is 79.9. The second-order valence-electron chi connectivity index (χ2n) is 4.07. The number of methoxy groups -OCH3 is 1. The Bertz CT molecular complexity index is 721. The van der Waals surface area contributed by atoms with Crippen LogP contribution in [0.3, 0.4) is 0 Å². The molecule has 0 atom stereocenters. The summed E-state index contributed by atoms with van der Waals surface area (Å²) in [6.45, 7) is 0. The number of ether oxygens (including phenoxy) is 1. The van der Waals surface area contributed by atoms with Gasteiger partial charge in [0.25, 0.3) is 0 Å². The normalized spacial score (nSPS) is 10.9. The van der Waals surface area contributed by atoms with Gasteiger partial charge in [0, 0.05) is 0 Å². The van der Waals surface area contributed by atoms with Gasteiger partial charge in [-0.1, -0.05) is 12.1 Å². The summed E-state index contributed by atoms with van der Waals surface area (Å²) in [6.07, 6.45) is 0. The zero-order valence-electron chi connectivity index (χ0n) is 10.1. The molecule has 0 aliphatic heterocycles. The number of aromatic amines is 1. The molecular formula is C14H10BrFN2O. The number of hydrogen-bond acceptors (Lipinski definition) is 2. The number of para-hydroxylation sites is 2. The maximum Gasteiger partial charge on any atom is 0.142 e. The van der Waals surface area contributed by atoms with Crippen LogP contribution in [0.2, 0.25) is 0 Å². The summed E-state index contributed by atoms with van der Waals surface area (Å²) in [7, 11) is 1.55. The molecule has 0 amide bonds. The molecule has 2 aromatic carbocycles. The summed E-state index contributed by atoms with van der Waals surface area (Å²) >= 11 is 3.14. The lowest BCUT2D eigenvalue weighted by Crippen LogP contribution is -1.91. The van der Waals surface area contributed by atoms with E-state index in [4.69, 9.17) is 4.74 Å². The van der Waals surface area contributed by atoms with Crippen molar-refractivity contribution in [3.8, 4) is 17.1 Å². The van der Waals surface area contributed by atoms with E-state index < -0.39 is 0 Å². The molecule has 0 aliphatic carbocycles. The van der Waals surface area contributed by atoms with Gasteiger partial charge in [-0.3, -0.25) is 0 Å². The smallest absolute Gasteiger partial charge is 0.142 e. The first-order chi connectivity index (χ1) is 9.19. The fourth-order valence-electron chi connectivity index (χ4n) is 1.96. The van der Waals surface area contributed by atoms with Crippen LogP contribution in [0.1, 0.15) is 0 Å². The van der Waals surface area contributed by atoms with Crippen LogP contribution in [-0.2, 0) is 0 Å². The number of rotatable bonds is 2. The van der Waals surface area contributed by atoms with Crippen molar-refractivity contribution < 1.29 is 9.13 Å². The number of aromatic nitrogens is 2. The van der Waals surface area contributed by atoms with E-state index in [9.17, 15) is 4.39 Å². The quantitative estimate of drug-likeness (QED) is 0.770. The molecular weight excluding hydrogens is 311 g/mol. The Hall–Kier alpha value is -1.88. The Labute approximate surface area is 117 Å². The van der Waals surface area contributed by atoms with Crippen molar-refractivity contribution in [2.75, 3.05) is 7.11 Å². The number of fused-ring (bicyclic) bond motifs is 1. The predicted octanol–water partition coefficient (Wildman–Crippen LogP) is 4.14. The Morgan fingerprint density at radius 1 is 1.26 bits per heavy atom. The fraction of sp³-hybridized carbons (Fsp3) is 0.0714. The Morgan fingerprint density at radius 3 is 2.79 bits per heavy atom. The van der Waals surface area contributed by atoms with Gasteiger partial charge in [-0.15, -0.1) is 0 Å². The summed E-state index contributed by atoms with van der Waals surface area (Å²) in [5.41, 5.74) is 2.34. The summed E-state index contributed by atoms with van der Waals surface area (Å²) in [5, 5.41) is 0. The molecule has 1 heterocycles. The van der Waals surface area contributed by atoms with Crippen LogP contribution in [-0.4, -0.2) is 17.1 Å². The molecule has 0 aliphatic rings. The van der Waals surface area contributed by atoms with E-state index in [0.29, 0.717) is 21.6 Å². The highest BCUT2D eigenvalue weighted by Gasteiger charge is 2.14. The average molecular weight is 321 g/mol. The monoisotopic (exact) mass is 320 g/mol. The first kappa shape index (κ1) is 12.2. The van der Waals surface area contributed by atoms with E-state index in [1.807, 2.05) is 24.3 Å². The zero-order chi connectivity index (χ0) is 13.4. The molecule has 0 fully saturated rings. The first-order valence-corrected chi connectivity index (χ1v) is 6.46. The molecule has 1 aromatic heterocycles. The molecule has 5 heteroatoms. The molecule has 3 rings (SSSR count). The van der Waals surface area contributed by atoms with Gasteiger partial charge in [0.15, 0.2) is 0 Å². The van der Waals surface area contributed by atoms with E-state index in [2.05, 4.69) is 25.9 Å². The maximum atomic E-state index is 13.7. The van der Waals surface area contributed by atoms with Crippen LogP contribution in [0.5, 0.6) is 5.75 Å². The summed E-state index contributed by atoms with van der Waals surface area (Å²) in [6, 6.07) is 10.7. The minimum atomic E-state index is -0.351. The van der Waals surface area contributed by atoms with E-state index in [-0.39, 0.29) is 5.82 Å². The number of H-pyrrole nitrogens is 1. The van der Waals surface area contributed by atoms with Crippen molar-refractivity contribution in [3.63, 3.8) is 0 Å². The first-order valence-electron chi connectivity index (χ1n) is 5.67. The molecule has 3 aromatic rings. The van der Waals surface area contributed by atoms with Gasteiger partial charge < -0.3 is 9.72 Å². The van der Waals surface area contributed by atoms with Crippen molar-refractivity contribution in [3.05, 3.63) is 46.7 Å². The molecule has 0 unspecified atom stereocenters. The lowest BCUT2D eigenvalue weighted by Gasteiger charge is -2.07. The number of nitrogens with zero attached hydrogens (tertiary/aromatic N) is 1. The van der Waals surface area contributed by atoms with Crippen LogP contribution in [0.4, 0.5) is 4.39 Å². The van der Waals surface area contributed by atoms with Gasteiger partial charge in [0.1, 0.15) is 17.4 Å². The average Bonchev–Trinajstić information content (AvgIpc) is 2.85. The van der Waals surface area contributed by atoms with Crippen LogP contribution in [0.25, 0.3) is 22.4 Å². The van der Waals surface area contributed by atoms with E-state index in [1.165, 1.54) is 6.07 Å². The second-order valence-corrected chi connectivity index (χ2v) is 4.92. The summed E-state index contributed by atoms with van der Waals surface area (Å²) in [4.78, 5) is 7.60. The van der Waals surface area contributed by atoms with Gasteiger partial charge >= 0.3 is 0 Å². The minimum absolute atomic E-state index is 0.351. The molecule has 0 spiro atoms. The lowest BCUT2D eigenvalue weighted by molar-refractivity contribution is 0.414. The van der Waals surface area contributed by atoms with Crippen LogP contribution in [0, 0.1) is 5.82 Å². The van der Waals surface area contributed by atoms with Crippen molar-refractivity contribution in [1.29, 1.82) is 0 Å². The molecule has 0 saturated heterocycles. The van der Waals surface area contributed by atoms with Crippen LogP contribution < -0.4 is 4.74 Å². The predicted molar refractivity (Wildman–Crippen MR) is 75.7 cm³/mol. The second kappa shape index (κ2) is 4.66. The number of imidazole rings is 1. The zero-order valence-corrected chi connectivity index (χ0v) is 11.7.